The van der Waals surface area contributed by atoms with Crippen molar-refractivity contribution in [2.24, 2.45) is 11.1 Å². The monoisotopic (exact) mass is 239 g/mol. The number of nitrogens with two attached hydrogens (primary N) is 1. The van der Waals surface area contributed by atoms with Crippen molar-refractivity contribution in [2.75, 3.05) is 33.2 Å². The molecule has 0 aliphatic carbocycles. The molecule has 3 heteroatoms. The van der Waals surface area contributed by atoms with E-state index in [1.807, 2.05) is 0 Å². The summed E-state index contributed by atoms with van der Waals surface area (Å²) in [5.74, 6) is 0. The van der Waals surface area contributed by atoms with Crippen LogP contribution in [0.15, 0.2) is 0 Å². The molecule has 2 rings (SSSR count). The van der Waals surface area contributed by atoms with Crippen LogP contribution in [0.2, 0.25) is 0 Å². The first-order valence-electron chi connectivity index (χ1n) is 7.04. The van der Waals surface area contributed by atoms with Crippen LogP contribution in [0.5, 0.6) is 0 Å². The summed E-state index contributed by atoms with van der Waals surface area (Å²) in [6, 6.07) is 0.708. The van der Waals surface area contributed by atoms with Gasteiger partial charge in [-0.25, -0.2) is 0 Å². The summed E-state index contributed by atoms with van der Waals surface area (Å²) < 4.78 is 0. The first-order valence-corrected chi connectivity index (χ1v) is 7.04. The van der Waals surface area contributed by atoms with E-state index in [0.29, 0.717) is 17.0 Å². The van der Waals surface area contributed by atoms with Crippen molar-refractivity contribution in [3.8, 4) is 0 Å². The number of hydrogen-bond acceptors (Lipinski definition) is 3. The summed E-state index contributed by atoms with van der Waals surface area (Å²) in [5.41, 5.74) is 6.78. The molecule has 1 atom stereocenters. The second-order valence-electron chi connectivity index (χ2n) is 7.09. The molecule has 0 amide bonds. The van der Waals surface area contributed by atoms with Gasteiger partial charge < -0.3 is 10.6 Å². The summed E-state index contributed by atoms with van der Waals surface area (Å²) in [6.07, 6.45) is 4.08. The fraction of sp³-hybridized carbons (Fsp3) is 1.00. The average Bonchev–Trinajstić information content (AvgIpc) is 2.18. The molecule has 2 aliphatic rings. The molecule has 0 spiro atoms. The van der Waals surface area contributed by atoms with E-state index in [1.165, 1.54) is 38.9 Å². The molecule has 100 valence electrons. The number of nitrogens with zero attached hydrogens (tertiary/aromatic N) is 2. The van der Waals surface area contributed by atoms with E-state index in [-0.39, 0.29) is 0 Å². The van der Waals surface area contributed by atoms with Crippen LogP contribution in [0.3, 0.4) is 0 Å². The summed E-state index contributed by atoms with van der Waals surface area (Å²) in [4.78, 5) is 5.12. The highest BCUT2D eigenvalue weighted by molar-refractivity contribution is 5.07. The summed E-state index contributed by atoms with van der Waals surface area (Å²) in [7, 11) is 2.28. The van der Waals surface area contributed by atoms with Gasteiger partial charge in [-0.1, -0.05) is 6.42 Å². The van der Waals surface area contributed by atoms with Crippen LogP contribution in [0.1, 0.15) is 40.0 Å². The van der Waals surface area contributed by atoms with Gasteiger partial charge in [0.25, 0.3) is 0 Å². The van der Waals surface area contributed by atoms with Gasteiger partial charge >= 0.3 is 0 Å². The predicted octanol–water partition coefficient (Wildman–Crippen LogP) is 1.53. The minimum absolute atomic E-state index is 0.298. The van der Waals surface area contributed by atoms with Crippen molar-refractivity contribution in [3.05, 3.63) is 0 Å². The molecule has 2 heterocycles. The van der Waals surface area contributed by atoms with Crippen LogP contribution in [-0.4, -0.2) is 54.6 Å². The van der Waals surface area contributed by atoms with E-state index >= 15 is 0 Å². The van der Waals surface area contributed by atoms with Gasteiger partial charge in [-0.15, -0.1) is 0 Å². The maximum absolute atomic E-state index is 6.11. The van der Waals surface area contributed by atoms with Crippen molar-refractivity contribution in [2.45, 2.75) is 51.6 Å². The third kappa shape index (κ3) is 2.38. The number of hydrogen-bond donors (Lipinski definition) is 1. The zero-order valence-corrected chi connectivity index (χ0v) is 12.0. The fourth-order valence-corrected chi connectivity index (χ4v) is 3.51. The van der Waals surface area contributed by atoms with Crippen molar-refractivity contribution < 1.29 is 0 Å². The van der Waals surface area contributed by atoms with Gasteiger partial charge in [0.15, 0.2) is 0 Å². The zero-order chi connectivity index (χ0) is 12.7. The average molecular weight is 239 g/mol. The largest absolute Gasteiger partial charge is 0.330 e. The van der Waals surface area contributed by atoms with Crippen LogP contribution in [-0.2, 0) is 0 Å². The van der Waals surface area contributed by atoms with Crippen LogP contribution in [0, 0.1) is 5.41 Å². The van der Waals surface area contributed by atoms with Gasteiger partial charge in [0, 0.05) is 36.6 Å². The molecule has 0 aromatic rings. The molecule has 0 radical (unpaired) electrons. The van der Waals surface area contributed by atoms with Gasteiger partial charge in [-0.05, 0) is 47.2 Å². The molecular formula is C14H29N3. The van der Waals surface area contributed by atoms with E-state index in [9.17, 15) is 0 Å². The molecule has 17 heavy (non-hydrogen) atoms. The molecule has 3 nitrogen and oxygen atoms in total. The van der Waals surface area contributed by atoms with Gasteiger partial charge in [0.2, 0.25) is 0 Å². The van der Waals surface area contributed by atoms with Crippen molar-refractivity contribution in [1.29, 1.82) is 0 Å². The Hall–Kier alpha value is -0.120. The second kappa shape index (κ2) is 4.52. The van der Waals surface area contributed by atoms with E-state index in [1.54, 1.807) is 0 Å². The van der Waals surface area contributed by atoms with Crippen LogP contribution >= 0.6 is 0 Å². The molecule has 1 unspecified atom stereocenters. The summed E-state index contributed by atoms with van der Waals surface area (Å²) >= 11 is 0. The van der Waals surface area contributed by atoms with Crippen molar-refractivity contribution in [3.63, 3.8) is 0 Å². The summed E-state index contributed by atoms with van der Waals surface area (Å²) in [5, 5.41) is 0. The Kier molecular flexibility index (Phi) is 3.54. The molecule has 0 bridgehead atoms. The van der Waals surface area contributed by atoms with E-state index in [4.69, 9.17) is 5.73 Å². The van der Waals surface area contributed by atoms with Gasteiger partial charge in [0.05, 0.1) is 0 Å². The third-order valence-electron chi connectivity index (χ3n) is 4.84. The molecule has 0 aromatic carbocycles. The van der Waals surface area contributed by atoms with E-state index < -0.39 is 0 Å². The maximum Gasteiger partial charge on any atom is 0.0236 e. The minimum atomic E-state index is 0.298. The SMILES string of the molecule is CN1CCCCC1C1(CN)CN(C(C)(C)C)C1. The number of piperidine rings is 1. The normalized spacial score (nSPS) is 31.2. The molecule has 2 saturated heterocycles. The Morgan fingerprint density at radius 2 is 1.88 bits per heavy atom. The highest BCUT2D eigenvalue weighted by atomic mass is 15.3. The zero-order valence-electron chi connectivity index (χ0n) is 12.0. The lowest BCUT2D eigenvalue weighted by atomic mass is 9.68. The quantitative estimate of drug-likeness (QED) is 0.793. The second-order valence-corrected chi connectivity index (χ2v) is 7.09. The molecule has 2 N–H and O–H groups in total. The lowest BCUT2D eigenvalue weighted by Crippen LogP contribution is -2.71. The van der Waals surface area contributed by atoms with Gasteiger partial charge in [-0.3, -0.25) is 4.90 Å². The molecule has 2 fully saturated rings. The molecule has 2 aliphatic heterocycles. The Balaban J connectivity index is 2.03. The Bertz CT molecular complexity index is 263. The highest BCUT2D eigenvalue weighted by Gasteiger charge is 2.51. The predicted molar refractivity (Wildman–Crippen MR) is 73.1 cm³/mol. The number of likely N-dealkylation sites (tertiary alicyclic amines) is 2. The molecular weight excluding hydrogens is 210 g/mol. The van der Waals surface area contributed by atoms with Crippen LogP contribution in [0.4, 0.5) is 0 Å². The maximum atomic E-state index is 6.11. The van der Waals surface area contributed by atoms with Gasteiger partial charge in [-0.2, -0.15) is 0 Å². The van der Waals surface area contributed by atoms with Gasteiger partial charge in [0.1, 0.15) is 0 Å². The first kappa shape index (κ1) is 13.3. The van der Waals surface area contributed by atoms with Crippen LogP contribution < -0.4 is 5.73 Å². The lowest BCUT2D eigenvalue weighted by molar-refractivity contribution is -0.105. The Morgan fingerprint density at radius 1 is 1.24 bits per heavy atom. The summed E-state index contributed by atoms with van der Waals surface area (Å²) in [6.45, 7) is 11.4. The molecule has 0 saturated carbocycles. The lowest BCUT2D eigenvalue weighted by Gasteiger charge is -2.60. The topological polar surface area (TPSA) is 32.5 Å². The first-order chi connectivity index (χ1) is 7.89. The van der Waals surface area contributed by atoms with E-state index in [2.05, 4.69) is 37.6 Å². The Labute approximate surface area is 106 Å². The highest BCUT2D eigenvalue weighted by Crippen LogP contribution is 2.42. The van der Waals surface area contributed by atoms with E-state index in [0.717, 1.165) is 6.54 Å². The smallest absolute Gasteiger partial charge is 0.0236 e. The Morgan fingerprint density at radius 3 is 2.35 bits per heavy atom. The fourth-order valence-electron chi connectivity index (χ4n) is 3.51. The minimum Gasteiger partial charge on any atom is -0.330 e. The number of rotatable bonds is 2. The van der Waals surface area contributed by atoms with Crippen molar-refractivity contribution >= 4 is 0 Å². The third-order valence-corrected chi connectivity index (χ3v) is 4.84. The van der Waals surface area contributed by atoms with Crippen molar-refractivity contribution in [1.82, 2.24) is 9.80 Å². The van der Waals surface area contributed by atoms with Crippen LogP contribution in [0.25, 0.3) is 0 Å². The molecule has 0 aromatic heterocycles. The standard InChI is InChI=1S/C14H29N3/c1-13(2,3)17-10-14(9-15,11-17)12-7-5-6-8-16(12)4/h12H,5-11,15H2,1-4H3.